The smallest absolute Gasteiger partial charge is 0.141 e. The van der Waals surface area contributed by atoms with Crippen LogP contribution in [0.1, 0.15) is 52.9 Å². The van der Waals surface area contributed by atoms with Crippen molar-refractivity contribution in [2.75, 3.05) is 0 Å². The van der Waals surface area contributed by atoms with Gasteiger partial charge in [-0.1, -0.05) is 13.8 Å². The minimum Gasteiger partial charge on any atom is -0.389 e. The zero-order valence-electron chi connectivity index (χ0n) is 10.5. The molecule has 4 atom stereocenters. The first-order chi connectivity index (χ1) is 7.31. The lowest BCUT2D eigenvalue weighted by atomic mass is 9.42. The zero-order valence-corrected chi connectivity index (χ0v) is 10.5. The maximum Gasteiger partial charge on any atom is 0.141 e. The van der Waals surface area contributed by atoms with Crippen LogP contribution in [0.15, 0.2) is 0 Å². The molecule has 0 aromatic heterocycles. The molecule has 0 radical (unpaired) electrons. The number of hydrogen-bond acceptors (Lipinski definition) is 2. The average molecular weight is 222 g/mol. The maximum absolute atomic E-state index is 12.0. The normalized spacial score (nSPS) is 54.1. The molecule has 0 heterocycles. The molecular weight excluding hydrogens is 200 g/mol. The summed E-state index contributed by atoms with van der Waals surface area (Å²) in [5, 5.41) is 10.9. The first-order valence-corrected chi connectivity index (χ1v) is 6.57. The summed E-state index contributed by atoms with van der Waals surface area (Å²) in [6.07, 6.45) is 4.42. The highest BCUT2D eigenvalue weighted by atomic mass is 16.3. The van der Waals surface area contributed by atoms with Crippen LogP contribution in [0.5, 0.6) is 0 Å². The molecule has 1 N–H and O–H groups in total. The third-order valence-corrected chi connectivity index (χ3v) is 6.11. The Labute approximate surface area is 97.4 Å². The van der Waals surface area contributed by atoms with Crippen molar-refractivity contribution in [3.05, 3.63) is 0 Å². The van der Waals surface area contributed by atoms with E-state index in [-0.39, 0.29) is 0 Å². The van der Waals surface area contributed by atoms with Crippen molar-refractivity contribution in [2.45, 2.75) is 58.5 Å². The molecule has 0 bridgehead atoms. The van der Waals surface area contributed by atoms with Gasteiger partial charge in [-0.05, 0) is 49.9 Å². The third kappa shape index (κ3) is 0.958. The minimum absolute atomic E-state index is 0.304. The van der Waals surface area contributed by atoms with Crippen LogP contribution in [0.2, 0.25) is 0 Å². The van der Waals surface area contributed by atoms with Gasteiger partial charge in [0.05, 0.1) is 11.0 Å². The summed E-state index contributed by atoms with van der Waals surface area (Å²) in [5.74, 6) is 1.32. The Morgan fingerprint density at radius 3 is 2.50 bits per heavy atom. The van der Waals surface area contributed by atoms with E-state index >= 15 is 0 Å². The van der Waals surface area contributed by atoms with Crippen molar-refractivity contribution in [3.8, 4) is 0 Å². The molecule has 3 rings (SSSR count). The molecule has 2 nitrogen and oxygen atoms in total. The van der Waals surface area contributed by atoms with Crippen molar-refractivity contribution >= 4 is 5.78 Å². The number of hydrogen-bond donors (Lipinski definition) is 1. The van der Waals surface area contributed by atoms with Crippen LogP contribution in [-0.4, -0.2) is 16.5 Å². The van der Waals surface area contributed by atoms with E-state index in [1.807, 2.05) is 6.92 Å². The summed E-state index contributed by atoms with van der Waals surface area (Å²) in [4.78, 5) is 12.0. The van der Waals surface area contributed by atoms with E-state index in [4.69, 9.17) is 0 Å². The van der Waals surface area contributed by atoms with Crippen LogP contribution in [-0.2, 0) is 4.79 Å². The molecular formula is C14H22O2. The first kappa shape index (κ1) is 10.8. The molecule has 4 unspecified atom stereocenters. The molecule has 3 fully saturated rings. The first-order valence-electron chi connectivity index (χ1n) is 6.57. The van der Waals surface area contributed by atoms with Gasteiger partial charge < -0.3 is 5.11 Å². The highest BCUT2D eigenvalue weighted by molar-refractivity contribution is 5.88. The largest absolute Gasteiger partial charge is 0.389 e. The molecule has 0 aliphatic heterocycles. The minimum atomic E-state index is -0.678. The van der Waals surface area contributed by atoms with Crippen LogP contribution < -0.4 is 0 Å². The fourth-order valence-electron chi connectivity index (χ4n) is 4.83. The van der Waals surface area contributed by atoms with E-state index in [1.165, 1.54) is 0 Å². The molecule has 2 heteroatoms. The Morgan fingerprint density at radius 1 is 1.19 bits per heavy atom. The van der Waals surface area contributed by atoms with Gasteiger partial charge in [-0.3, -0.25) is 4.79 Å². The predicted molar refractivity (Wildman–Crippen MR) is 61.9 cm³/mol. The van der Waals surface area contributed by atoms with Gasteiger partial charge in [0, 0.05) is 6.42 Å². The highest BCUT2D eigenvalue weighted by Gasteiger charge is 2.69. The zero-order chi connectivity index (χ0) is 11.8. The topological polar surface area (TPSA) is 37.3 Å². The third-order valence-electron chi connectivity index (χ3n) is 6.11. The van der Waals surface area contributed by atoms with Gasteiger partial charge >= 0.3 is 0 Å². The fourth-order valence-corrected chi connectivity index (χ4v) is 4.83. The van der Waals surface area contributed by atoms with E-state index in [0.29, 0.717) is 35.9 Å². The summed E-state index contributed by atoms with van der Waals surface area (Å²) in [6.45, 7) is 6.61. The van der Waals surface area contributed by atoms with Crippen molar-refractivity contribution in [1.29, 1.82) is 0 Å². The Balaban J connectivity index is 1.98. The number of fused-ring (bicyclic) bond motifs is 3. The summed E-state index contributed by atoms with van der Waals surface area (Å²) in [7, 11) is 0. The monoisotopic (exact) mass is 222 g/mol. The number of aliphatic hydroxyl groups is 1. The lowest BCUT2D eigenvalue weighted by Gasteiger charge is -2.63. The Morgan fingerprint density at radius 2 is 1.88 bits per heavy atom. The standard InChI is InChI=1S/C14H22O2/c1-12(2)8-10-9(12)4-6-13(3)11(15)5-7-14(10,13)16/h9-10,16H,4-8H2,1-3H3. The molecule has 0 aromatic carbocycles. The van der Waals surface area contributed by atoms with E-state index < -0.39 is 11.0 Å². The summed E-state index contributed by atoms with van der Waals surface area (Å²) in [5.41, 5.74) is -0.722. The van der Waals surface area contributed by atoms with E-state index in [1.54, 1.807) is 0 Å². The predicted octanol–water partition coefficient (Wildman–Crippen LogP) is 2.54. The van der Waals surface area contributed by atoms with Gasteiger partial charge in [0.1, 0.15) is 5.78 Å². The van der Waals surface area contributed by atoms with E-state index in [2.05, 4.69) is 13.8 Å². The van der Waals surface area contributed by atoms with Crippen LogP contribution in [0.4, 0.5) is 0 Å². The number of Topliss-reactive ketones (excluding diaryl/α,β-unsaturated/α-hetero) is 1. The van der Waals surface area contributed by atoms with Gasteiger partial charge in [-0.2, -0.15) is 0 Å². The molecule has 3 aliphatic carbocycles. The Kier molecular flexibility index (Phi) is 1.83. The molecule has 0 saturated heterocycles. The van der Waals surface area contributed by atoms with Crippen molar-refractivity contribution in [2.24, 2.45) is 22.7 Å². The summed E-state index contributed by atoms with van der Waals surface area (Å²) < 4.78 is 0. The maximum atomic E-state index is 12.0. The number of rotatable bonds is 0. The lowest BCUT2D eigenvalue weighted by molar-refractivity contribution is -0.218. The summed E-state index contributed by atoms with van der Waals surface area (Å²) >= 11 is 0. The van der Waals surface area contributed by atoms with Crippen LogP contribution >= 0.6 is 0 Å². The van der Waals surface area contributed by atoms with Crippen molar-refractivity contribution < 1.29 is 9.90 Å². The second kappa shape index (κ2) is 2.72. The molecule has 16 heavy (non-hydrogen) atoms. The van der Waals surface area contributed by atoms with E-state index in [9.17, 15) is 9.90 Å². The molecule has 0 amide bonds. The Hall–Kier alpha value is -0.370. The number of ketones is 1. The van der Waals surface area contributed by atoms with Crippen LogP contribution in [0.25, 0.3) is 0 Å². The molecule has 3 aliphatic rings. The second-order valence-electron chi connectivity index (χ2n) is 7.12. The van der Waals surface area contributed by atoms with Gasteiger partial charge in [-0.15, -0.1) is 0 Å². The molecule has 0 spiro atoms. The quantitative estimate of drug-likeness (QED) is 0.684. The molecule has 0 aromatic rings. The SMILES string of the molecule is CC1(C)CC2C1CCC1(C)C(=O)CCC21O. The number of carbonyl (C=O) groups is 1. The number of carbonyl (C=O) groups excluding carboxylic acids is 1. The van der Waals surface area contributed by atoms with Crippen molar-refractivity contribution in [1.82, 2.24) is 0 Å². The van der Waals surface area contributed by atoms with Gasteiger partial charge in [0.15, 0.2) is 0 Å². The van der Waals surface area contributed by atoms with Gasteiger partial charge in [0.2, 0.25) is 0 Å². The van der Waals surface area contributed by atoms with Crippen LogP contribution in [0.3, 0.4) is 0 Å². The average Bonchev–Trinajstić information content (AvgIpc) is 2.41. The van der Waals surface area contributed by atoms with Gasteiger partial charge in [0.25, 0.3) is 0 Å². The van der Waals surface area contributed by atoms with Gasteiger partial charge in [-0.25, -0.2) is 0 Å². The Bertz CT molecular complexity index is 360. The molecule has 3 saturated carbocycles. The lowest BCUT2D eigenvalue weighted by Crippen LogP contribution is -2.64. The van der Waals surface area contributed by atoms with E-state index in [0.717, 1.165) is 19.3 Å². The summed E-state index contributed by atoms with van der Waals surface area (Å²) in [6, 6.07) is 0. The van der Waals surface area contributed by atoms with Crippen molar-refractivity contribution in [3.63, 3.8) is 0 Å². The highest BCUT2D eigenvalue weighted by Crippen LogP contribution is 2.67. The second-order valence-corrected chi connectivity index (χ2v) is 7.12. The fraction of sp³-hybridized carbons (Fsp3) is 0.929. The van der Waals surface area contributed by atoms with Crippen LogP contribution in [0, 0.1) is 22.7 Å². The molecule has 90 valence electrons.